The first-order chi connectivity index (χ1) is 11.1. The number of hydrogen-bond donors (Lipinski definition) is 2. The van der Waals surface area contributed by atoms with Crippen LogP contribution in [0, 0.1) is 0 Å². The van der Waals surface area contributed by atoms with E-state index < -0.39 is 11.8 Å². The fourth-order valence-electron chi connectivity index (χ4n) is 2.46. The van der Waals surface area contributed by atoms with Gasteiger partial charge in [0.1, 0.15) is 5.75 Å². The zero-order valence-electron chi connectivity index (χ0n) is 13.3. The van der Waals surface area contributed by atoms with Gasteiger partial charge >= 0.3 is 11.8 Å². The molecule has 2 amide bonds. The Morgan fingerprint density at radius 1 is 1.17 bits per heavy atom. The molecule has 0 aliphatic carbocycles. The van der Waals surface area contributed by atoms with E-state index in [9.17, 15) is 9.59 Å². The summed E-state index contributed by atoms with van der Waals surface area (Å²) in [5.74, 6) is -0.338. The highest BCUT2D eigenvalue weighted by Crippen LogP contribution is 2.11. The molecule has 0 atom stereocenters. The van der Waals surface area contributed by atoms with Crippen LogP contribution in [0.15, 0.2) is 24.3 Å². The summed E-state index contributed by atoms with van der Waals surface area (Å²) in [6.45, 7) is 3.39. The molecule has 23 heavy (non-hydrogen) atoms. The Balaban J connectivity index is 1.77. The van der Waals surface area contributed by atoms with Crippen molar-refractivity contribution >= 4 is 11.8 Å². The molecule has 0 spiro atoms. The molecule has 7 heteroatoms. The summed E-state index contributed by atoms with van der Waals surface area (Å²) < 4.78 is 5.07. The molecule has 7 nitrogen and oxygen atoms in total. The normalized spacial score (nSPS) is 15.3. The second-order valence-electron chi connectivity index (χ2n) is 5.39. The highest BCUT2D eigenvalue weighted by atomic mass is 16.5. The predicted molar refractivity (Wildman–Crippen MR) is 84.9 cm³/mol. The molecule has 0 bridgehead atoms. The van der Waals surface area contributed by atoms with Crippen molar-refractivity contribution in [1.82, 2.24) is 15.1 Å². The zero-order valence-corrected chi connectivity index (χ0v) is 13.3. The van der Waals surface area contributed by atoms with Gasteiger partial charge in [-0.1, -0.05) is 12.1 Å². The van der Waals surface area contributed by atoms with Gasteiger partial charge in [-0.2, -0.15) is 0 Å². The molecule has 1 aliphatic heterocycles. The topological polar surface area (TPSA) is 82.1 Å². The molecule has 1 fully saturated rings. The summed E-state index contributed by atoms with van der Waals surface area (Å²) in [7, 11) is 1.59. The van der Waals surface area contributed by atoms with E-state index in [1.165, 1.54) is 0 Å². The molecule has 2 N–H and O–H groups in total. The number of benzene rings is 1. The molecule has 1 aromatic carbocycles. The third-order valence-corrected chi connectivity index (χ3v) is 3.88. The van der Waals surface area contributed by atoms with Gasteiger partial charge in [0.15, 0.2) is 0 Å². The summed E-state index contributed by atoms with van der Waals surface area (Å²) in [5, 5.41) is 11.5. The number of β-amino-alcohol motifs (C(OH)–C–C–N with tert-alkyl or cyclic N) is 1. The van der Waals surface area contributed by atoms with Gasteiger partial charge in [0.2, 0.25) is 0 Å². The van der Waals surface area contributed by atoms with Crippen LogP contribution in [0.2, 0.25) is 0 Å². The molecule has 0 aromatic heterocycles. The maximum absolute atomic E-state index is 12.1. The van der Waals surface area contributed by atoms with Crippen LogP contribution >= 0.6 is 0 Å². The number of hydrogen-bond acceptors (Lipinski definition) is 5. The van der Waals surface area contributed by atoms with Crippen LogP contribution in [0.25, 0.3) is 0 Å². The first-order valence-corrected chi connectivity index (χ1v) is 7.67. The van der Waals surface area contributed by atoms with Crippen LogP contribution < -0.4 is 10.1 Å². The molecule has 0 unspecified atom stereocenters. The molecule has 2 rings (SSSR count). The zero-order chi connectivity index (χ0) is 16.7. The second-order valence-corrected chi connectivity index (χ2v) is 5.39. The molecular formula is C16H23N3O4. The van der Waals surface area contributed by atoms with E-state index >= 15 is 0 Å². The van der Waals surface area contributed by atoms with Crippen LogP contribution in [0.1, 0.15) is 5.56 Å². The molecule has 1 heterocycles. The Morgan fingerprint density at radius 3 is 2.39 bits per heavy atom. The number of piperazine rings is 1. The maximum Gasteiger partial charge on any atom is 0.311 e. The standard InChI is InChI=1S/C16H23N3O4/c1-23-14-4-2-13(3-5-14)12-17-15(21)16(22)19-8-6-18(7-9-19)10-11-20/h2-5,20H,6-12H2,1H3,(H,17,21). The maximum atomic E-state index is 12.1. The SMILES string of the molecule is COc1ccc(CNC(=O)C(=O)N2CCN(CCO)CC2)cc1. The Hall–Kier alpha value is -2.12. The third kappa shape index (κ3) is 4.94. The van der Waals surface area contributed by atoms with E-state index in [2.05, 4.69) is 10.2 Å². The summed E-state index contributed by atoms with van der Waals surface area (Å²) in [6, 6.07) is 7.31. The van der Waals surface area contributed by atoms with Crippen LogP contribution in [0.3, 0.4) is 0 Å². The van der Waals surface area contributed by atoms with E-state index in [4.69, 9.17) is 9.84 Å². The van der Waals surface area contributed by atoms with Crippen molar-refractivity contribution in [3.8, 4) is 5.75 Å². The smallest absolute Gasteiger partial charge is 0.311 e. The molecule has 126 valence electrons. The predicted octanol–water partition coefficient (Wildman–Crippen LogP) is -0.552. The number of rotatable bonds is 5. The summed E-state index contributed by atoms with van der Waals surface area (Å²) >= 11 is 0. The van der Waals surface area contributed by atoms with E-state index in [-0.39, 0.29) is 6.61 Å². The number of methoxy groups -OCH3 is 1. The fourth-order valence-corrected chi connectivity index (χ4v) is 2.46. The molecule has 0 radical (unpaired) electrons. The van der Waals surface area contributed by atoms with Gasteiger partial charge in [-0.05, 0) is 17.7 Å². The Labute approximate surface area is 135 Å². The Bertz CT molecular complexity index is 525. The third-order valence-electron chi connectivity index (χ3n) is 3.88. The van der Waals surface area contributed by atoms with Crippen molar-refractivity contribution in [2.45, 2.75) is 6.54 Å². The average Bonchev–Trinajstić information content (AvgIpc) is 2.60. The quantitative estimate of drug-likeness (QED) is 0.711. The monoisotopic (exact) mass is 321 g/mol. The molecule has 1 saturated heterocycles. The van der Waals surface area contributed by atoms with Gasteiger partial charge in [0.25, 0.3) is 0 Å². The van der Waals surface area contributed by atoms with Gasteiger partial charge in [-0.3, -0.25) is 14.5 Å². The number of carbonyl (C=O) groups is 2. The highest BCUT2D eigenvalue weighted by Gasteiger charge is 2.25. The number of amides is 2. The van der Waals surface area contributed by atoms with Gasteiger partial charge in [0.05, 0.1) is 13.7 Å². The lowest BCUT2D eigenvalue weighted by Gasteiger charge is -2.33. The van der Waals surface area contributed by atoms with Crippen molar-refractivity contribution in [2.75, 3.05) is 46.4 Å². The molecule has 1 aromatic rings. The lowest BCUT2D eigenvalue weighted by molar-refractivity contribution is -0.147. The molecular weight excluding hydrogens is 298 g/mol. The van der Waals surface area contributed by atoms with E-state index in [1.54, 1.807) is 12.0 Å². The van der Waals surface area contributed by atoms with Gasteiger partial charge < -0.3 is 20.1 Å². The van der Waals surface area contributed by atoms with Gasteiger partial charge in [0, 0.05) is 39.3 Å². The molecule has 0 saturated carbocycles. The van der Waals surface area contributed by atoms with Crippen molar-refractivity contribution in [2.24, 2.45) is 0 Å². The van der Waals surface area contributed by atoms with Crippen molar-refractivity contribution in [1.29, 1.82) is 0 Å². The number of nitrogens with one attached hydrogen (secondary N) is 1. The number of aliphatic hydroxyl groups excluding tert-OH is 1. The van der Waals surface area contributed by atoms with Crippen LogP contribution in [0.5, 0.6) is 5.75 Å². The fraction of sp³-hybridized carbons (Fsp3) is 0.500. The molecule has 1 aliphatic rings. The summed E-state index contributed by atoms with van der Waals surface area (Å²) in [5.41, 5.74) is 0.903. The van der Waals surface area contributed by atoms with Crippen molar-refractivity contribution in [3.05, 3.63) is 29.8 Å². The highest BCUT2D eigenvalue weighted by molar-refractivity contribution is 6.34. The minimum absolute atomic E-state index is 0.107. The van der Waals surface area contributed by atoms with E-state index in [1.807, 2.05) is 24.3 Å². The minimum Gasteiger partial charge on any atom is -0.497 e. The summed E-state index contributed by atoms with van der Waals surface area (Å²) in [6.07, 6.45) is 0. The van der Waals surface area contributed by atoms with Crippen LogP contribution in [-0.4, -0.2) is 73.2 Å². The van der Waals surface area contributed by atoms with Crippen LogP contribution in [0.4, 0.5) is 0 Å². The number of carbonyl (C=O) groups excluding carboxylic acids is 2. The number of aliphatic hydroxyl groups is 1. The second kappa shape index (κ2) is 8.50. The first-order valence-electron chi connectivity index (χ1n) is 7.67. The van der Waals surface area contributed by atoms with Crippen molar-refractivity contribution in [3.63, 3.8) is 0 Å². The minimum atomic E-state index is -0.587. The summed E-state index contributed by atoms with van der Waals surface area (Å²) in [4.78, 5) is 27.7. The van der Waals surface area contributed by atoms with E-state index in [0.29, 0.717) is 39.3 Å². The lowest BCUT2D eigenvalue weighted by Crippen LogP contribution is -2.52. The van der Waals surface area contributed by atoms with E-state index in [0.717, 1.165) is 11.3 Å². The first kappa shape index (κ1) is 17.2. The Kier molecular flexibility index (Phi) is 6.37. The lowest BCUT2D eigenvalue weighted by atomic mass is 10.2. The van der Waals surface area contributed by atoms with Gasteiger partial charge in [-0.25, -0.2) is 0 Å². The van der Waals surface area contributed by atoms with Gasteiger partial charge in [-0.15, -0.1) is 0 Å². The number of ether oxygens (including phenoxy) is 1. The number of nitrogens with zero attached hydrogens (tertiary/aromatic N) is 2. The Morgan fingerprint density at radius 2 is 1.83 bits per heavy atom. The van der Waals surface area contributed by atoms with Crippen LogP contribution in [-0.2, 0) is 16.1 Å². The van der Waals surface area contributed by atoms with Crippen molar-refractivity contribution < 1.29 is 19.4 Å². The largest absolute Gasteiger partial charge is 0.497 e. The average molecular weight is 321 g/mol.